The maximum atomic E-state index is 10.4. The Morgan fingerprint density at radius 2 is 0.673 bits per heavy atom. The molecule has 0 spiro atoms. The molecule has 10 aromatic carbocycles. The minimum absolute atomic E-state index is 0.254. The van der Waals surface area contributed by atoms with Crippen LogP contribution in [0.25, 0.3) is 76.5 Å². The topological polar surface area (TPSA) is 40.5 Å². The zero-order valence-electron chi connectivity index (χ0n) is 29.9. The molecule has 11 rings (SSSR count). The summed E-state index contributed by atoms with van der Waals surface area (Å²) in [6.07, 6.45) is 0. The first-order valence-corrected chi connectivity index (χ1v) is 18.8. The fourth-order valence-electron chi connectivity index (χ4n) is 9.33. The number of benzene rings is 10. The molecule has 1 aliphatic carbocycles. The second-order valence-electron chi connectivity index (χ2n) is 14.8. The molecule has 1 aliphatic rings. The van der Waals surface area contributed by atoms with Gasteiger partial charge in [0.25, 0.3) is 0 Å². The number of hydrogen-bond acceptors (Lipinski definition) is 2. The van der Waals surface area contributed by atoms with Crippen LogP contribution in [-0.4, -0.2) is 10.2 Å². The highest BCUT2D eigenvalue weighted by Gasteiger charge is 2.48. The average molecular weight is 703 g/mol. The van der Waals surface area contributed by atoms with E-state index >= 15 is 0 Å². The SMILES string of the molecule is Oc1ccc2cc(C3(c4ccc5cc(O)ccc5c4)c4cccc(-c5ccc6ccccc6c5)c4-c4c(-c5ccc6ccccc6c5)cccc43)ccc2c1. The first-order valence-electron chi connectivity index (χ1n) is 18.8. The largest absolute Gasteiger partial charge is 0.508 e. The van der Waals surface area contributed by atoms with E-state index in [4.69, 9.17) is 0 Å². The lowest BCUT2D eigenvalue weighted by atomic mass is 9.67. The Hall–Kier alpha value is -7.16. The highest BCUT2D eigenvalue weighted by molar-refractivity contribution is 6.04. The van der Waals surface area contributed by atoms with Crippen LogP contribution < -0.4 is 0 Å². The summed E-state index contributed by atoms with van der Waals surface area (Å²) < 4.78 is 0. The third-order valence-electron chi connectivity index (χ3n) is 11.8. The number of fused-ring (bicyclic) bond motifs is 7. The van der Waals surface area contributed by atoms with Gasteiger partial charge in [-0.25, -0.2) is 0 Å². The molecule has 0 saturated heterocycles. The molecule has 0 saturated carbocycles. The van der Waals surface area contributed by atoms with Crippen molar-refractivity contribution in [1.29, 1.82) is 0 Å². The fraction of sp³-hybridized carbons (Fsp3) is 0.0189. The van der Waals surface area contributed by atoms with Crippen molar-refractivity contribution in [3.63, 3.8) is 0 Å². The van der Waals surface area contributed by atoms with E-state index in [9.17, 15) is 10.2 Å². The Morgan fingerprint density at radius 1 is 0.291 bits per heavy atom. The Kier molecular flexibility index (Phi) is 6.80. The van der Waals surface area contributed by atoms with E-state index in [-0.39, 0.29) is 11.5 Å². The lowest BCUT2D eigenvalue weighted by molar-refractivity contribution is 0.475. The standard InChI is InChI=1S/C53H34O2/c54-45-25-21-37-29-43(23-19-39(37)31-45)53(44-24-20-40-32-46(55)26-22-38(40)30-44)49-13-5-11-47(41-17-15-33-7-1-3-9-35(33)27-41)51(49)52-48(12-6-14-50(52)53)42-18-16-34-8-2-4-10-36(34)28-42/h1-32,54-55H. The quantitative estimate of drug-likeness (QED) is 0.192. The van der Waals surface area contributed by atoms with E-state index in [0.717, 1.165) is 32.7 Å². The van der Waals surface area contributed by atoms with Gasteiger partial charge in [0.15, 0.2) is 0 Å². The van der Waals surface area contributed by atoms with Gasteiger partial charge < -0.3 is 10.2 Å². The molecule has 0 amide bonds. The van der Waals surface area contributed by atoms with Crippen LogP contribution in [0.3, 0.4) is 0 Å². The summed E-state index contributed by atoms with van der Waals surface area (Å²) in [7, 11) is 0. The van der Waals surface area contributed by atoms with Crippen molar-refractivity contribution in [1.82, 2.24) is 0 Å². The van der Waals surface area contributed by atoms with Gasteiger partial charge in [-0.15, -0.1) is 0 Å². The molecule has 258 valence electrons. The predicted octanol–water partition coefficient (Wildman–Crippen LogP) is 13.4. The summed E-state index contributed by atoms with van der Waals surface area (Å²) in [5.41, 5.74) is 11.2. The molecule has 0 heterocycles. The summed E-state index contributed by atoms with van der Waals surface area (Å²) in [6, 6.07) is 69.1. The maximum absolute atomic E-state index is 10.4. The van der Waals surface area contributed by atoms with Crippen LogP contribution in [0.2, 0.25) is 0 Å². The second kappa shape index (κ2) is 11.9. The molecule has 0 fully saturated rings. The van der Waals surface area contributed by atoms with Gasteiger partial charge in [0.2, 0.25) is 0 Å². The monoisotopic (exact) mass is 702 g/mol. The van der Waals surface area contributed by atoms with Crippen molar-refractivity contribution in [3.05, 3.63) is 216 Å². The number of rotatable bonds is 4. The number of phenols is 2. The smallest absolute Gasteiger partial charge is 0.116 e. The Morgan fingerprint density at radius 3 is 1.15 bits per heavy atom. The molecule has 0 radical (unpaired) electrons. The first kappa shape index (κ1) is 31.4. The summed E-state index contributed by atoms with van der Waals surface area (Å²) in [5, 5.41) is 29.8. The van der Waals surface area contributed by atoms with Gasteiger partial charge in [-0.3, -0.25) is 0 Å². The van der Waals surface area contributed by atoms with Crippen LogP contribution in [0.15, 0.2) is 194 Å². The Balaban J connectivity index is 1.30. The molecular formula is C53H34O2. The fourth-order valence-corrected chi connectivity index (χ4v) is 9.33. The van der Waals surface area contributed by atoms with Crippen LogP contribution in [0.1, 0.15) is 22.3 Å². The van der Waals surface area contributed by atoms with Crippen LogP contribution in [0, 0.1) is 0 Å². The number of aromatic hydroxyl groups is 2. The van der Waals surface area contributed by atoms with Gasteiger partial charge >= 0.3 is 0 Å². The molecule has 0 bridgehead atoms. The van der Waals surface area contributed by atoms with Crippen LogP contribution in [0.4, 0.5) is 0 Å². The van der Waals surface area contributed by atoms with Crippen molar-refractivity contribution in [2.75, 3.05) is 0 Å². The molecule has 10 aromatic rings. The van der Waals surface area contributed by atoms with E-state index in [1.54, 1.807) is 12.1 Å². The summed E-state index contributed by atoms with van der Waals surface area (Å²) >= 11 is 0. The lowest BCUT2D eigenvalue weighted by Gasteiger charge is -2.34. The van der Waals surface area contributed by atoms with Gasteiger partial charge in [0.1, 0.15) is 11.5 Å². The van der Waals surface area contributed by atoms with Gasteiger partial charge in [-0.05, 0) is 147 Å². The molecule has 0 aromatic heterocycles. The normalized spacial score (nSPS) is 13.0. The minimum atomic E-state index is -0.706. The van der Waals surface area contributed by atoms with Crippen LogP contribution in [0.5, 0.6) is 11.5 Å². The summed E-state index contributed by atoms with van der Waals surface area (Å²) in [5.74, 6) is 0.508. The second-order valence-corrected chi connectivity index (χ2v) is 14.8. The van der Waals surface area contributed by atoms with Gasteiger partial charge in [0.05, 0.1) is 5.41 Å². The third-order valence-corrected chi connectivity index (χ3v) is 11.8. The highest BCUT2D eigenvalue weighted by Crippen LogP contribution is 2.61. The van der Waals surface area contributed by atoms with E-state index < -0.39 is 5.41 Å². The summed E-state index contributed by atoms with van der Waals surface area (Å²) in [4.78, 5) is 0. The summed E-state index contributed by atoms with van der Waals surface area (Å²) in [6.45, 7) is 0. The molecule has 2 N–H and O–H groups in total. The highest BCUT2D eigenvalue weighted by atomic mass is 16.3. The van der Waals surface area contributed by atoms with E-state index in [1.165, 1.54) is 66.1 Å². The van der Waals surface area contributed by atoms with Crippen molar-refractivity contribution in [2.24, 2.45) is 0 Å². The van der Waals surface area contributed by atoms with Crippen molar-refractivity contribution >= 4 is 43.1 Å². The van der Waals surface area contributed by atoms with Gasteiger partial charge in [0, 0.05) is 0 Å². The first-order chi connectivity index (χ1) is 27.0. The lowest BCUT2D eigenvalue weighted by Crippen LogP contribution is -2.28. The van der Waals surface area contributed by atoms with E-state index in [0.29, 0.717) is 0 Å². The molecule has 2 nitrogen and oxygen atoms in total. The van der Waals surface area contributed by atoms with E-state index in [2.05, 4.69) is 158 Å². The van der Waals surface area contributed by atoms with E-state index in [1.807, 2.05) is 24.3 Å². The van der Waals surface area contributed by atoms with Gasteiger partial charge in [-0.2, -0.15) is 0 Å². The number of hydrogen-bond donors (Lipinski definition) is 2. The molecular weight excluding hydrogens is 669 g/mol. The minimum Gasteiger partial charge on any atom is -0.508 e. The van der Waals surface area contributed by atoms with Crippen LogP contribution in [-0.2, 0) is 5.41 Å². The predicted molar refractivity (Wildman–Crippen MR) is 228 cm³/mol. The zero-order valence-corrected chi connectivity index (χ0v) is 29.9. The number of phenolic OH excluding ortho intramolecular Hbond substituents is 2. The molecule has 55 heavy (non-hydrogen) atoms. The average Bonchev–Trinajstić information content (AvgIpc) is 3.54. The Labute approximate surface area is 318 Å². The zero-order chi connectivity index (χ0) is 36.7. The van der Waals surface area contributed by atoms with Crippen molar-refractivity contribution < 1.29 is 10.2 Å². The molecule has 0 aliphatic heterocycles. The molecule has 0 atom stereocenters. The van der Waals surface area contributed by atoms with Crippen LogP contribution >= 0.6 is 0 Å². The van der Waals surface area contributed by atoms with Crippen molar-refractivity contribution in [3.8, 4) is 44.9 Å². The van der Waals surface area contributed by atoms with Gasteiger partial charge in [-0.1, -0.05) is 146 Å². The molecule has 0 unspecified atom stereocenters. The maximum Gasteiger partial charge on any atom is 0.116 e. The third kappa shape index (κ3) is 4.75. The Bertz CT molecular complexity index is 2970. The van der Waals surface area contributed by atoms with Crippen molar-refractivity contribution in [2.45, 2.75) is 5.41 Å². The molecule has 2 heteroatoms.